The Hall–Kier alpha value is -1.10. The number of hydrogen-bond donors (Lipinski definition) is 2. The van der Waals surface area contributed by atoms with Crippen molar-refractivity contribution < 1.29 is 9.90 Å². The van der Waals surface area contributed by atoms with Gasteiger partial charge in [0.25, 0.3) is 0 Å². The van der Waals surface area contributed by atoms with Gasteiger partial charge in [0.05, 0.1) is 17.7 Å². The largest absolute Gasteiger partial charge is 0.465 e. The lowest BCUT2D eigenvalue weighted by Gasteiger charge is -1.93. The molecule has 10 heavy (non-hydrogen) atoms. The lowest BCUT2D eigenvalue weighted by molar-refractivity contribution is 0.194. The number of nitrogens with zero attached hydrogens (tertiary/aromatic N) is 1. The van der Waals surface area contributed by atoms with Gasteiger partial charge in [-0.15, -0.1) is 11.3 Å². The molecule has 0 bridgehead atoms. The second-order valence-electron chi connectivity index (χ2n) is 1.64. The molecule has 54 valence electrons. The summed E-state index contributed by atoms with van der Waals surface area (Å²) in [5, 5.41) is 12.2. The van der Waals surface area contributed by atoms with Crippen LogP contribution in [0.3, 0.4) is 0 Å². The molecule has 0 aliphatic rings. The van der Waals surface area contributed by atoms with Crippen molar-refractivity contribution >= 4 is 17.4 Å². The monoisotopic (exact) mass is 158 g/mol. The number of nitrogens with one attached hydrogen (secondary N) is 1. The zero-order valence-electron chi connectivity index (χ0n) is 5.07. The Bertz CT molecular complexity index is 209. The molecule has 1 rings (SSSR count). The normalized spacial score (nSPS) is 9.20. The molecule has 0 atom stereocenters. The van der Waals surface area contributed by atoms with E-state index in [4.69, 9.17) is 5.11 Å². The zero-order valence-corrected chi connectivity index (χ0v) is 5.89. The third kappa shape index (κ3) is 2.02. The summed E-state index contributed by atoms with van der Waals surface area (Å²) in [4.78, 5) is 13.8. The van der Waals surface area contributed by atoms with Crippen LogP contribution in [0.5, 0.6) is 0 Å². The Labute approximate surface area is 61.5 Å². The van der Waals surface area contributed by atoms with Crippen molar-refractivity contribution in [3.05, 3.63) is 16.6 Å². The molecule has 1 heterocycles. The summed E-state index contributed by atoms with van der Waals surface area (Å²) in [5.41, 5.74) is 2.42. The van der Waals surface area contributed by atoms with E-state index in [-0.39, 0.29) is 0 Å². The maximum absolute atomic E-state index is 9.96. The number of rotatable bonds is 2. The van der Waals surface area contributed by atoms with Crippen LogP contribution in [-0.4, -0.2) is 16.2 Å². The molecule has 2 N–H and O–H groups in total. The van der Waals surface area contributed by atoms with Crippen molar-refractivity contribution in [2.75, 3.05) is 0 Å². The van der Waals surface area contributed by atoms with Gasteiger partial charge in [-0.1, -0.05) is 0 Å². The fourth-order valence-electron chi connectivity index (χ4n) is 0.491. The Balaban J connectivity index is 2.35. The van der Waals surface area contributed by atoms with Crippen molar-refractivity contribution in [3.63, 3.8) is 0 Å². The second-order valence-corrected chi connectivity index (χ2v) is 2.36. The average Bonchev–Trinajstić information content (AvgIpc) is 2.34. The van der Waals surface area contributed by atoms with Crippen LogP contribution in [0.4, 0.5) is 4.79 Å². The molecule has 0 spiro atoms. The molecule has 1 amide bonds. The van der Waals surface area contributed by atoms with Crippen LogP contribution in [0.2, 0.25) is 0 Å². The highest BCUT2D eigenvalue weighted by molar-refractivity contribution is 7.07. The van der Waals surface area contributed by atoms with E-state index in [9.17, 15) is 4.79 Å². The summed E-state index contributed by atoms with van der Waals surface area (Å²) in [6.07, 6.45) is -1.02. The molecular weight excluding hydrogens is 152 g/mol. The first-order valence-electron chi connectivity index (χ1n) is 2.63. The lowest BCUT2D eigenvalue weighted by atomic mass is 10.5. The molecule has 4 nitrogen and oxygen atoms in total. The van der Waals surface area contributed by atoms with E-state index in [0.717, 1.165) is 5.69 Å². The smallest absolute Gasteiger partial charge is 0.404 e. The van der Waals surface area contributed by atoms with Crippen LogP contribution in [0.1, 0.15) is 5.69 Å². The highest BCUT2D eigenvalue weighted by Gasteiger charge is 1.96. The molecule has 0 saturated heterocycles. The summed E-state index contributed by atoms with van der Waals surface area (Å²) in [6, 6.07) is 0. The van der Waals surface area contributed by atoms with Gasteiger partial charge in [0.15, 0.2) is 0 Å². The minimum absolute atomic E-state index is 0.291. The summed E-state index contributed by atoms with van der Waals surface area (Å²) in [6.45, 7) is 0.291. The Kier molecular flexibility index (Phi) is 2.22. The molecule has 0 aliphatic carbocycles. The lowest BCUT2D eigenvalue weighted by Crippen LogP contribution is -2.19. The maximum Gasteiger partial charge on any atom is 0.404 e. The number of amides is 1. The highest BCUT2D eigenvalue weighted by Crippen LogP contribution is 1.99. The van der Waals surface area contributed by atoms with Gasteiger partial charge in [-0.2, -0.15) is 0 Å². The van der Waals surface area contributed by atoms with Crippen LogP contribution < -0.4 is 5.32 Å². The summed E-state index contributed by atoms with van der Waals surface area (Å²) in [7, 11) is 0. The second kappa shape index (κ2) is 3.17. The molecule has 0 unspecified atom stereocenters. The Morgan fingerprint density at radius 1 is 1.90 bits per heavy atom. The maximum atomic E-state index is 9.96. The van der Waals surface area contributed by atoms with E-state index < -0.39 is 6.09 Å². The van der Waals surface area contributed by atoms with E-state index in [0.29, 0.717) is 6.54 Å². The van der Waals surface area contributed by atoms with Gasteiger partial charge in [-0.25, -0.2) is 9.78 Å². The van der Waals surface area contributed by atoms with Gasteiger partial charge in [0.2, 0.25) is 0 Å². The van der Waals surface area contributed by atoms with Crippen LogP contribution in [0, 0.1) is 0 Å². The minimum atomic E-state index is -1.02. The molecule has 5 heteroatoms. The molecule has 0 radical (unpaired) electrons. The molecule has 0 aromatic carbocycles. The van der Waals surface area contributed by atoms with Gasteiger partial charge in [-0.3, -0.25) is 0 Å². The van der Waals surface area contributed by atoms with Gasteiger partial charge in [0, 0.05) is 5.38 Å². The van der Waals surface area contributed by atoms with Gasteiger partial charge in [-0.05, 0) is 0 Å². The number of hydrogen-bond acceptors (Lipinski definition) is 3. The first-order chi connectivity index (χ1) is 4.79. The van der Waals surface area contributed by atoms with Crippen LogP contribution in [0.25, 0.3) is 0 Å². The first kappa shape index (κ1) is 7.01. The Morgan fingerprint density at radius 2 is 2.70 bits per heavy atom. The molecule has 1 aromatic rings. The fraction of sp³-hybridized carbons (Fsp3) is 0.200. The van der Waals surface area contributed by atoms with Crippen molar-refractivity contribution in [1.29, 1.82) is 0 Å². The van der Waals surface area contributed by atoms with E-state index in [2.05, 4.69) is 10.3 Å². The van der Waals surface area contributed by atoms with Crippen molar-refractivity contribution in [3.8, 4) is 0 Å². The predicted molar refractivity (Wildman–Crippen MR) is 37.0 cm³/mol. The van der Waals surface area contributed by atoms with Crippen molar-refractivity contribution in [2.45, 2.75) is 6.54 Å². The standard InChI is InChI=1S/C5H6N2O2S/c8-5(9)6-1-4-2-10-3-7-4/h2-3,6H,1H2,(H,8,9). The van der Waals surface area contributed by atoms with Gasteiger partial charge >= 0.3 is 6.09 Å². The van der Waals surface area contributed by atoms with Gasteiger partial charge < -0.3 is 10.4 Å². The van der Waals surface area contributed by atoms with E-state index in [1.54, 1.807) is 10.9 Å². The predicted octanol–water partition coefficient (Wildman–Crippen LogP) is 0.911. The fourth-order valence-corrected chi connectivity index (χ4v) is 1.05. The third-order valence-electron chi connectivity index (χ3n) is 0.904. The van der Waals surface area contributed by atoms with Crippen LogP contribution in [-0.2, 0) is 6.54 Å². The van der Waals surface area contributed by atoms with Crippen molar-refractivity contribution in [1.82, 2.24) is 10.3 Å². The quantitative estimate of drug-likeness (QED) is 0.672. The number of thiazole rings is 1. The van der Waals surface area contributed by atoms with Crippen LogP contribution in [0.15, 0.2) is 10.9 Å². The highest BCUT2D eigenvalue weighted by atomic mass is 32.1. The number of carbonyl (C=O) groups is 1. The average molecular weight is 158 g/mol. The molecular formula is C5H6N2O2S. The SMILES string of the molecule is O=C(O)NCc1cscn1. The molecule has 0 fully saturated rings. The van der Waals surface area contributed by atoms with E-state index in [1.165, 1.54) is 11.3 Å². The van der Waals surface area contributed by atoms with Crippen molar-refractivity contribution in [2.24, 2.45) is 0 Å². The molecule has 0 saturated carbocycles. The topological polar surface area (TPSA) is 62.2 Å². The summed E-state index contributed by atoms with van der Waals surface area (Å²) in [5.74, 6) is 0. The number of carboxylic acid groups (broad SMARTS) is 1. The molecule has 1 aromatic heterocycles. The first-order valence-corrected chi connectivity index (χ1v) is 3.57. The zero-order chi connectivity index (χ0) is 7.40. The number of aromatic nitrogens is 1. The third-order valence-corrected chi connectivity index (χ3v) is 1.54. The van der Waals surface area contributed by atoms with E-state index >= 15 is 0 Å². The minimum Gasteiger partial charge on any atom is -0.465 e. The summed E-state index contributed by atoms with van der Waals surface area (Å²) < 4.78 is 0. The molecule has 0 aliphatic heterocycles. The summed E-state index contributed by atoms with van der Waals surface area (Å²) >= 11 is 1.45. The van der Waals surface area contributed by atoms with Gasteiger partial charge in [0.1, 0.15) is 0 Å². The Morgan fingerprint density at radius 3 is 3.20 bits per heavy atom. The van der Waals surface area contributed by atoms with Crippen LogP contribution >= 0.6 is 11.3 Å². The van der Waals surface area contributed by atoms with E-state index in [1.807, 2.05) is 0 Å².